The van der Waals surface area contributed by atoms with E-state index in [4.69, 9.17) is 16.3 Å². The molecule has 7 heteroatoms. The molecule has 3 aromatic rings. The Hall–Kier alpha value is -3.64. The summed E-state index contributed by atoms with van der Waals surface area (Å²) in [5, 5.41) is 11.7. The molecule has 1 aliphatic rings. The number of aromatic nitrogens is 1. The van der Waals surface area contributed by atoms with E-state index in [1.54, 1.807) is 36.7 Å². The second-order valence-corrected chi connectivity index (χ2v) is 8.87. The summed E-state index contributed by atoms with van der Waals surface area (Å²) in [4.78, 5) is 32.2. The summed E-state index contributed by atoms with van der Waals surface area (Å²) in [6.45, 7) is 5.98. The van der Waals surface area contributed by atoms with Gasteiger partial charge in [0.25, 0.3) is 11.7 Å². The van der Waals surface area contributed by atoms with Crippen molar-refractivity contribution >= 4 is 29.1 Å². The fourth-order valence-corrected chi connectivity index (χ4v) is 4.70. The fraction of sp³-hybridized carbons (Fsp3) is 0.222. The first-order valence-corrected chi connectivity index (χ1v) is 11.2. The number of aliphatic hydroxyl groups is 1. The second-order valence-electron chi connectivity index (χ2n) is 8.47. The summed E-state index contributed by atoms with van der Waals surface area (Å²) in [6.07, 6.45) is 3.19. The van der Waals surface area contributed by atoms with Crippen LogP contribution in [0.2, 0.25) is 5.02 Å². The van der Waals surface area contributed by atoms with Crippen molar-refractivity contribution in [3.8, 4) is 5.75 Å². The van der Waals surface area contributed by atoms with Gasteiger partial charge >= 0.3 is 0 Å². The van der Waals surface area contributed by atoms with Gasteiger partial charge in [-0.25, -0.2) is 0 Å². The Morgan fingerprint density at radius 1 is 1.06 bits per heavy atom. The molecule has 1 fully saturated rings. The third-order valence-electron chi connectivity index (χ3n) is 6.05. The van der Waals surface area contributed by atoms with Crippen molar-refractivity contribution in [1.29, 1.82) is 0 Å². The number of hydrogen-bond acceptors (Lipinski definition) is 5. The monoisotopic (exact) mass is 476 g/mol. The van der Waals surface area contributed by atoms with Crippen molar-refractivity contribution in [2.45, 2.75) is 33.4 Å². The maximum atomic E-state index is 13.3. The van der Waals surface area contributed by atoms with Gasteiger partial charge in [-0.3, -0.25) is 14.6 Å². The first-order valence-electron chi connectivity index (χ1n) is 10.8. The third kappa shape index (κ3) is 4.17. The number of Topliss-reactive ketones (excluding diaryl/α,β-unsaturated/α-hetero) is 1. The third-order valence-corrected chi connectivity index (χ3v) is 6.34. The topological polar surface area (TPSA) is 79.7 Å². The fourth-order valence-electron chi connectivity index (χ4n) is 4.35. The van der Waals surface area contributed by atoms with Gasteiger partial charge in [-0.2, -0.15) is 0 Å². The van der Waals surface area contributed by atoms with E-state index in [1.807, 2.05) is 39.0 Å². The Labute approximate surface area is 203 Å². The van der Waals surface area contributed by atoms with Crippen molar-refractivity contribution in [1.82, 2.24) is 9.88 Å². The molecular weight excluding hydrogens is 452 g/mol. The van der Waals surface area contributed by atoms with Crippen molar-refractivity contribution in [3.05, 3.63) is 98.8 Å². The number of carbonyl (C=O) groups excluding carboxylic acids is 2. The van der Waals surface area contributed by atoms with Crippen molar-refractivity contribution in [3.63, 3.8) is 0 Å². The average Bonchev–Trinajstić information content (AvgIpc) is 3.06. The number of ketones is 1. The molecule has 2 aromatic carbocycles. The van der Waals surface area contributed by atoms with E-state index in [0.29, 0.717) is 10.6 Å². The normalized spacial score (nSPS) is 17.3. The molecule has 0 bridgehead atoms. The SMILES string of the molecule is COc1c(Cl)cc(C)cc1/C(O)=C1\C(=O)C(=O)N(Cc2cc(C)ccc2C)C1c1ccncc1. The van der Waals surface area contributed by atoms with Crippen LogP contribution in [0, 0.1) is 20.8 Å². The Bertz CT molecular complexity index is 1320. The molecule has 0 spiro atoms. The van der Waals surface area contributed by atoms with Gasteiger partial charge in [0.05, 0.1) is 29.3 Å². The molecule has 4 rings (SSSR count). The molecule has 1 unspecified atom stereocenters. The number of aliphatic hydroxyl groups excluding tert-OH is 1. The van der Waals surface area contributed by atoms with E-state index in [9.17, 15) is 14.7 Å². The molecule has 1 amide bonds. The number of nitrogens with zero attached hydrogens (tertiary/aromatic N) is 2. The Balaban J connectivity index is 1.93. The van der Waals surface area contributed by atoms with Gasteiger partial charge in [-0.05, 0) is 67.3 Å². The lowest BCUT2D eigenvalue weighted by atomic mass is 9.94. The zero-order valence-corrected chi connectivity index (χ0v) is 20.2. The first kappa shape index (κ1) is 23.5. The van der Waals surface area contributed by atoms with Crippen LogP contribution in [-0.2, 0) is 16.1 Å². The van der Waals surface area contributed by atoms with Crippen molar-refractivity contribution < 1.29 is 19.4 Å². The van der Waals surface area contributed by atoms with Gasteiger partial charge in [-0.1, -0.05) is 35.4 Å². The number of halogens is 1. The van der Waals surface area contributed by atoms with Gasteiger partial charge in [0.1, 0.15) is 11.5 Å². The van der Waals surface area contributed by atoms with Gasteiger partial charge in [-0.15, -0.1) is 0 Å². The second kappa shape index (κ2) is 9.31. The molecule has 1 aliphatic heterocycles. The predicted molar refractivity (Wildman–Crippen MR) is 131 cm³/mol. The van der Waals surface area contributed by atoms with Crippen LogP contribution < -0.4 is 4.74 Å². The van der Waals surface area contributed by atoms with E-state index in [-0.39, 0.29) is 29.2 Å². The molecule has 1 saturated heterocycles. The predicted octanol–water partition coefficient (Wildman–Crippen LogP) is 5.29. The highest BCUT2D eigenvalue weighted by molar-refractivity contribution is 6.46. The number of amides is 1. The van der Waals surface area contributed by atoms with Crippen LogP contribution in [0.5, 0.6) is 5.75 Å². The number of hydrogen-bond donors (Lipinski definition) is 1. The zero-order valence-electron chi connectivity index (χ0n) is 19.4. The Morgan fingerprint density at radius 3 is 2.44 bits per heavy atom. The van der Waals surface area contributed by atoms with Gasteiger partial charge in [0, 0.05) is 18.9 Å². The highest BCUT2D eigenvalue weighted by Gasteiger charge is 2.46. The number of rotatable bonds is 5. The number of methoxy groups -OCH3 is 1. The number of pyridine rings is 1. The highest BCUT2D eigenvalue weighted by atomic mass is 35.5. The Kier molecular flexibility index (Phi) is 6.44. The largest absolute Gasteiger partial charge is 0.507 e. The van der Waals surface area contributed by atoms with Crippen LogP contribution >= 0.6 is 11.6 Å². The number of aryl methyl sites for hydroxylation is 3. The standard InChI is InChI=1S/C27H25ClN2O4/c1-15-5-6-17(3)19(11-15)14-30-23(18-7-9-29-10-8-18)22(25(32)27(30)33)24(31)20-12-16(2)13-21(28)26(20)34-4/h5-13,23,31H,14H2,1-4H3/b24-22+. The lowest BCUT2D eigenvalue weighted by Crippen LogP contribution is -2.29. The lowest BCUT2D eigenvalue weighted by Gasteiger charge is -2.26. The highest BCUT2D eigenvalue weighted by Crippen LogP contribution is 2.43. The molecule has 1 atom stereocenters. The number of ether oxygens (including phenoxy) is 1. The van der Waals surface area contributed by atoms with Crippen LogP contribution in [0.15, 0.2) is 60.4 Å². The van der Waals surface area contributed by atoms with Crippen LogP contribution in [0.3, 0.4) is 0 Å². The Morgan fingerprint density at radius 2 is 1.76 bits per heavy atom. The summed E-state index contributed by atoms with van der Waals surface area (Å²) in [5.74, 6) is -1.53. The zero-order chi connectivity index (χ0) is 24.6. The van der Waals surface area contributed by atoms with E-state index in [2.05, 4.69) is 4.98 Å². The van der Waals surface area contributed by atoms with Crippen molar-refractivity contribution in [2.24, 2.45) is 0 Å². The lowest BCUT2D eigenvalue weighted by molar-refractivity contribution is -0.140. The maximum Gasteiger partial charge on any atom is 0.295 e. The number of benzene rings is 2. The quantitative estimate of drug-likeness (QED) is 0.307. The minimum Gasteiger partial charge on any atom is -0.507 e. The molecule has 174 valence electrons. The minimum atomic E-state index is -0.799. The van der Waals surface area contributed by atoms with Gasteiger partial charge in [0.15, 0.2) is 0 Å². The summed E-state index contributed by atoms with van der Waals surface area (Å²) >= 11 is 6.34. The van der Waals surface area contributed by atoms with E-state index < -0.39 is 17.7 Å². The van der Waals surface area contributed by atoms with E-state index in [1.165, 1.54) is 12.0 Å². The van der Waals surface area contributed by atoms with E-state index >= 15 is 0 Å². The van der Waals surface area contributed by atoms with E-state index in [0.717, 1.165) is 22.3 Å². The number of carbonyl (C=O) groups is 2. The van der Waals surface area contributed by atoms with Crippen LogP contribution in [-0.4, -0.2) is 33.8 Å². The maximum absolute atomic E-state index is 13.3. The molecular formula is C27H25ClN2O4. The summed E-state index contributed by atoms with van der Waals surface area (Å²) in [6, 6.07) is 12.1. The molecule has 1 aromatic heterocycles. The first-order chi connectivity index (χ1) is 16.2. The van der Waals surface area contributed by atoms with Crippen LogP contribution in [0.1, 0.15) is 39.4 Å². The number of likely N-dealkylation sites (tertiary alicyclic amines) is 1. The molecule has 0 radical (unpaired) electrons. The molecule has 0 aliphatic carbocycles. The molecule has 6 nitrogen and oxygen atoms in total. The minimum absolute atomic E-state index is 0.0125. The van der Waals surface area contributed by atoms with Gasteiger partial charge < -0.3 is 14.7 Å². The molecule has 2 heterocycles. The van der Waals surface area contributed by atoms with Crippen LogP contribution in [0.4, 0.5) is 0 Å². The van der Waals surface area contributed by atoms with Crippen LogP contribution in [0.25, 0.3) is 5.76 Å². The molecule has 0 saturated carbocycles. The molecule has 1 N–H and O–H groups in total. The van der Waals surface area contributed by atoms with Gasteiger partial charge in [0.2, 0.25) is 0 Å². The molecule has 34 heavy (non-hydrogen) atoms. The summed E-state index contributed by atoms with van der Waals surface area (Å²) < 4.78 is 5.42. The summed E-state index contributed by atoms with van der Waals surface area (Å²) in [5.41, 5.74) is 4.68. The smallest absolute Gasteiger partial charge is 0.295 e. The van der Waals surface area contributed by atoms with Crippen molar-refractivity contribution in [2.75, 3.05) is 7.11 Å². The summed E-state index contributed by atoms with van der Waals surface area (Å²) in [7, 11) is 1.44. The average molecular weight is 477 g/mol.